The molecule has 0 aromatic heterocycles. The van der Waals surface area contributed by atoms with E-state index in [1.54, 1.807) is 7.05 Å². The average Bonchev–Trinajstić information content (AvgIpc) is 2.50. The van der Waals surface area contributed by atoms with Crippen molar-refractivity contribution in [3.05, 3.63) is 0 Å². The number of carbonyl (C=O) groups is 1. The maximum Gasteiger partial charge on any atom is 0.262 e. The largest absolute Gasteiger partial charge is 0.377 e. The van der Waals surface area contributed by atoms with E-state index in [-0.39, 0.29) is 19.1 Å². The van der Waals surface area contributed by atoms with E-state index in [9.17, 15) is 9.18 Å². The van der Waals surface area contributed by atoms with Crippen molar-refractivity contribution in [2.24, 2.45) is 0 Å². The maximum atomic E-state index is 13.8. The summed E-state index contributed by atoms with van der Waals surface area (Å²) in [5, 5.41) is 0. The van der Waals surface area contributed by atoms with E-state index < -0.39 is 11.6 Å². The standard InChI is InChI=1S/C9H16FNO2/c1-7(2)11(3)8(12)9(10)4-5-13-6-9/h7H,4-6H2,1-3H3. The molecule has 1 aliphatic rings. The lowest BCUT2D eigenvalue weighted by molar-refractivity contribution is -0.144. The third-order valence-corrected chi connectivity index (χ3v) is 2.45. The highest BCUT2D eigenvalue weighted by molar-refractivity contribution is 5.85. The third kappa shape index (κ3) is 1.99. The van der Waals surface area contributed by atoms with E-state index in [0.717, 1.165) is 0 Å². The molecule has 3 nitrogen and oxygen atoms in total. The average molecular weight is 189 g/mol. The molecule has 1 saturated heterocycles. The molecule has 0 N–H and O–H groups in total. The van der Waals surface area contributed by atoms with Gasteiger partial charge >= 0.3 is 0 Å². The Labute approximate surface area is 77.9 Å². The van der Waals surface area contributed by atoms with Gasteiger partial charge in [0.25, 0.3) is 5.91 Å². The first-order valence-electron chi connectivity index (χ1n) is 4.51. The molecule has 1 rings (SSSR count). The van der Waals surface area contributed by atoms with Gasteiger partial charge < -0.3 is 9.64 Å². The van der Waals surface area contributed by atoms with Crippen LogP contribution >= 0.6 is 0 Å². The molecule has 1 fully saturated rings. The molecular formula is C9H16FNO2. The van der Waals surface area contributed by atoms with Crippen molar-refractivity contribution < 1.29 is 13.9 Å². The van der Waals surface area contributed by atoms with Gasteiger partial charge in [0.05, 0.1) is 13.2 Å². The minimum atomic E-state index is -1.78. The normalized spacial score (nSPS) is 28.1. The molecule has 0 bridgehead atoms. The van der Waals surface area contributed by atoms with E-state index in [1.165, 1.54) is 4.90 Å². The maximum absolute atomic E-state index is 13.8. The van der Waals surface area contributed by atoms with Crippen LogP contribution < -0.4 is 0 Å². The van der Waals surface area contributed by atoms with Crippen LogP contribution in [0.25, 0.3) is 0 Å². The minimum absolute atomic E-state index is 0.0284. The topological polar surface area (TPSA) is 29.5 Å². The van der Waals surface area contributed by atoms with Crippen LogP contribution in [0.3, 0.4) is 0 Å². The van der Waals surface area contributed by atoms with Crippen LogP contribution in [0.1, 0.15) is 20.3 Å². The van der Waals surface area contributed by atoms with Gasteiger partial charge in [0.15, 0.2) is 0 Å². The minimum Gasteiger partial charge on any atom is -0.377 e. The monoisotopic (exact) mass is 189 g/mol. The fraction of sp³-hybridized carbons (Fsp3) is 0.889. The SMILES string of the molecule is CC(C)N(C)C(=O)C1(F)CCOC1. The van der Waals surface area contributed by atoms with Crippen molar-refractivity contribution in [3.63, 3.8) is 0 Å². The van der Waals surface area contributed by atoms with Crippen LogP contribution in [0.15, 0.2) is 0 Å². The van der Waals surface area contributed by atoms with Gasteiger partial charge in [-0.15, -0.1) is 0 Å². The van der Waals surface area contributed by atoms with Crippen LogP contribution in [0.2, 0.25) is 0 Å². The van der Waals surface area contributed by atoms with Crippen molar-refractivity contribution in [2.45, 2.75) is 32.0 Å². The van der Waals surface area contributed by atoms with Gasteiger partial charge in [-0.3, -0.25) is 4.79 Å². The lowest BCUT2D eigenvalue weighted by atomic mass is 10.0. The molecule has 13 heavy (non-hydrogen) atoms. The van der Waals surface area contributed by atoms with Gasteiger partial charge in [-0.1, -0.05) is 0 Å². The van der Waals surface area contributed by atoms with Gasteiger partial charge in [-0.05, 0) is 13.8 Å². The summed E-state index contributed by atoms with van der Waals surface area (Å²) in [5.74, 6) is -0.458. The summed E-state index contributed by atoms with van der Waals surface area (Å²) in [6, 6.07) is 0.0284. The van der Waals surface area contributed by atoms with E-state index in [2.05, 4.69) is 0 Å². The van der Waals surface area contributed by atoms with Crippen molar-refractivity contribution in [1.29, 1.82) is 0 Å². The second-order valence-electron chi connectivity index (χ2n) is 3.78. The molecule has 1 amide bonds. The van der Waals surface area contributed by atoms with Gasteiger partial charge in [-0.2, -0.15) is 0 Å². The summed E-state index contributed by atoms with van der Waals surface area (Å²) in [6.45, 7) is 3.96. The summed E-state index contributed by atoms with van der Waals surface area (Å²) in [7, 11) is 1.62. The lowest BCUT2D eigenvalue weighted by Crippen LogP contribution is -2.47. The Morgan fingerprint density at radius 3 is 2.62 bits per heavy atom. The Morgan fingerprint density at radius 1 is 1.62 bits per heavy atom. The molecule has 0 radical (unpaired) electrons. The van der Waals surface area contributed by atoms with E-state index >= 15 is 0 Å². The predicted octanol–water partition coefficient (Wildman–Crippen LogP) is 0.982. The van der Waals surface area contributed by atoms with Gasteiger partial charge in [-0.25, -0.2) is 4.39 Å². The molecule has 1 heterocycles. The molecule has 0 spiro atoms. The number of hydrogen-bond acceptors (Lipinski definition) is 2. The summed E-state index contributed by atoms with van der Waals surface area (Å²) in [5.41, 5.74) is -1.78. The van der Waals surface area contributed by atoms with Crippen molar-refractivity contribution in [1.82, 2.24) is 4.90 Å². The van der Waals surface area contributed by atoms with Crippen LogP contribution in [-0.2, 0) is 9.53 Å². The fourth-order valence-corrected chi connectivity index (χ4v) is 1.26. The Morgan fingerprint density at radius 2 is 2.23 bits per heavy atom. The molecule has 1 atom stereocenters. The second kappa shape index (κ2) is 3.62. The van der Waals surface area contributed by atoms with Crippen LogP contribution in [-0.4, -0.2) is 42.8 Å². The number of hydrogen-bond donors (Lipinski definition) is 0. The predicted molar refractivity (Wildman–Crippen MR) is 47.2 cm³/mol. The van der Waals surface area contributed by atoms with Crippen molar-refractivity contribution >= 4 is 5.91 Å². The highest BCUT2D eigenvalue weighted by Crippen LogP contribution is 2.25. The molecule has 1 aliphatic heterocycles. The molecule has 0 aromatic rings. The van der Waals surface area contributed by atoms with Gasteiger partial charge in [0, 0.05) is 19.5 Å². The Balaban J connectivity index is 2.65. The highest BCUT2D eigenvalue weighted by Gasteiger charge is 2.44. The molecule has 1 unspecified atom stereocenters. The Bertz CT molecular complexity index is 200. The number of alkyl halides is 1. The Kier molecular flexibility index (Phi) is 2.91. The molecule has 0 aliphatic carbocycles. The molecule has 0 saturated carbocycles. The van der Waals surface area contributed by atoms with E-state index in [1.807, 2.05) is 13.8 Å². The zero-order valence-electron chi connectivity index (χ0n) is 8.34. The molecule has 4 heteroatoms. The fourth-order valence-electron chi connectivity index (χ4n) is 1.26. The second-order valence-corrected chi connectivity index (χ2v) is 3.78. The van der Waals surface area contributed by atoms with Crippen LogP contribution in [0.4, 0.5) is 4.39 Å². The highest BCUT2D eigenvalue weighted by atomic mass is 19.1. The smallest absolute Gasteiger partial charge is 0.262 e. The van der Waals surface area contributed by atoms with Crippen LogP contribution in [0, 0.1) is 0 Å². The molecular weight excluding hydrogens is 173 g/mol. The van der Waals surface area contributed by atoms with E-state index in [4.69, 9.17) is 4.74 Å². The summed E-state index contributed by atoms with van der Waals surface area (Å²) < 4.78 is 18.7. The van der Waals surface area contributed by atoms with Gasteiger partial charge in [0.2, 0.25) is 5.67 Å². The third-order valence-electron chi connectivity index (χ3n) is 2.45. The quantitative estimate of drug-likeness (QED) is 0.648. The first-order chi connectivity index (χ1) is 5.97. The zero-order chi connectivity index (χ0) is 10.1. The zero-order valence-corrected chi connectivity index (χ0v) is 8.34. The summed E-state index contributed by atoms with van der Waals surface area (Å²) in [6.07, 6.45) is 0.183. The van der Waals surface area contributed by atoms with Crippen LogP contribution in [0.5, 0.6) is 0 Å². The summed E-state index contributed by atoms with van der Waals surface area (Å²) in [4.78, 5) is 13.0. The first-order valence-corrected chi connectivity index (χ1v) is 4.51. The number of rotatable bonds is 2. The first kappa shape index (κ1) is 10.4. The number of carbonyl (C=O) groups excluding carboxylic acids is 1. The van der Waals surface area contributed by atoms with Gasteiger partial charge in [0.1, 0.15) is 0 Å². The van der Waals surface area contributed by atoms with Crippen molar-refractivity contribution in [2.75, 3.05) is 20.3 Å². The number of amides is 1. The number of ether oxygens (including phenoxy) is 1. The summed E-state index contributed by atoms with van der Waals surface area (Å²) >= 11 is 0. The molecule has 0 aromatic carbocycles. The number of halogens is 1. The van der Waals surface area contributed by atoms with Crippen molar-refractivity contribution in [3.8, 4) is 0 Å². The Hall–Kier alpha value is -0.640. The number of nitrogens with zero attached hydrogens (tertiary/aromatic N) is 1. The van der Waals surface area contributed by atoms with E-state index in [0.29, 0.717) is 6.61 Å². The lowest BCUT2D eigenvalue weighted by Gasteiger charge is -2.27. The molecule has 76 valence electrons.